The van der Waals surface area contributed by atoms with E-state index in [0.29, 0.717) is 12.8 Å². The topological polar surface area (TPSA) is 63.6 Å². The Morgan fingerprint density at radius 1 is 1.21 bits per heavy atom. The van der Waals surface area contributed by atoms with E-state index in [1.807, 2.05) is 27.7 Å². The minimum absolute atomic E-state index is 0.113. The summed E-state index contributed by atoms with van der Waals surface area (Å²) in [6, 6.07) is 0. The first kappa shape index (κ1) is 16.0. The minimum atomic E-state index is -0.870. The summed E-state index contributed by atoms with van der Waals surface area (Å²) < 4.78 is 5.58. The van der Waals surface area contributed by atoms with Gasteiger partial charge < -0.3 is 9.84 Å². The standard InChI is InChI=1S/C15H26O4/c1-5-12(15(2,3)4)19-14(18)11-9-7-6-8-10(11)13(16)17/h10-12H,5-9H2,1-4H3,(H,16,17). The van der Waals surface area contributed by atoms with E-state index in [1.165, 1.54) is 0 Å². The second kappa shape index (κ2) is 6.40. The Bertz CT molecular complexity index is 330. The summed E-state index contributed by atoms with van der Waals surface area (Å²) in [5, 5.41) is 9.20. The van der Waals surface area contributed by atoms with E-state index >= 15 is 0 Å². The summed E-state index contributed by atoms with van der Waals surface area (Å²) in [4.78, 5) is 23.5. The molecule has 0 aromatic heterocycles. The number of carbonyl (C=O) groups is 2. The fourth-order valence-electron chi connectivity index (χ4n) is 2.81. The number of carboxylic acids is 1. The molecule has 0 aromatic rings. The molecule has 4 heteroatoms. The predicted molar refractivity (Wildman–Crippen MR) is 72.7 cm³/mol. The molecule has 0 amide bonds. The molecule has 0 spiro atoms. The van der Waals surface area contributed by atoms with Gasteiger partial charge in [-0.2, -0.15) is 0 Å². The number of carbonyl (C=O) groups excluding carboxylic acids is 1. The fraction of sp³-hybridized carbons (Fsp3) is 0.867. The van der Waals surface area contributed by atoms with Crippen molar-refractivity contribution in [1.29, 1.82) is 0 Å². The summed E-state index contributed by atoms with van der Waals surface area (Å²) in [7, 11) is 0. The Hall–Kier alpha value is -1.06. The van der Waals surface area contributed by atoms with Gasteiger partial charge in [-0.15, -0.1) is 0 Å². The molecular formula is C15H26O4. The van der Waals surface area contributed by atoms with Crippen LogP contribution in [0.1, 0.15) is 59.8 Å². The van der Waals surface area contributed by atoms with Gasteiger partial charge in [0, 0.05) is 0 Å². The zero-order valence-electron chi connectivity index (χ0n) is 12.4. The van der Waals surface area contributed by atoms with Gasteiger partial charge in [0.05, 0.1) is 11.8 Å². The van der Waals surface area contributed by atoms with Crippen molar-refractivity contribution in [1.82, 2.24) is 0 Å². The van der Waals surface area contributed by atoms with Gasteiger partial charge in [0.25, 0.3) is 0 Å². The molecular weight excluding hydrogens is 244 g/mol. The van der Waals surface area contributed by atoms with E-state index in [4.69, 9.17) is 4.74 Å². The number of rotatable bonds is 4. The third-order valence-corrected chi connectivity index (χ3v) is 3.98. The Morgan fingerprint density at radius 3 is 2.16 bits per heavy atom. The van der Waals surface area contributed by atoms with Crippen molar-refractivity contribution in [3.63, 3.8) is 0 Å². The van der Waals surface area contributed by atoms with Crippen molar-refractivity contribution in [2.75, 3.05) is 0 Å². The number of ether oxygens (including phenoxy) is 1. The minimum Gasteiger partial charge on any atom is -0.481 e. The average Bonchev–Trinajstić information content (AvgIpc) is 2.34. The van der Waals surface area contributed by atoms with Crippen LogP contribution < -0.4 is 0 Å². The maximum atomic E-state index is 12.2. The summed E-state index contributed by atoms with van der Waals surface area (Å²) in [5.74, 6) is -2.24. The number of esters is 1. The van der Waals surface area contributed by atoms with E-state index in [-0.39, 0.29) is 17.5 Å². The molecule has 0 heterocycles. The molecule has 110 valence electrons. The van der Waals surface area contributed by atoms with E-state index in [9.17, 15) is 14.7 Å². The molecule has 1 aliphatic rings. The maximum Gasteiger partial charge on any atom is 0.310 e. The van der Waals surface area contributed by atoms with Crippen LogP contribution in [0.15, 0.2) is 0 Å². The largest absolute Gasteiger partial charge is 0.481 e. The zero-order chi connectivity index (χ0) is 14.6. The van der Waals surface area contributed by atoms with E-state index < -0.39 is 17.8 Å². The van der Waals surface area contributed by atoms with Crippen molar-refractivity contribution < 1.29 is 19.4 Å². The first-order valence-electron chi connectivity index (χ1n) is 7.20. The van der Waals surface area contributed by atoms with Crippen molar-refractivity contribution >= 4 is 11.9 Å². The van der Waals surface area contributed by atoms with Crippen LogP contribution in [0.25, 0.3) is 0 Å². The van der Waals surface area contributed by atoms with Crippen molar-refractivity contribution in [3.8, 4) is 0 Å². The lowest BCUT2D eigenvalue weighted by atomic mass is 9.79. The molecule has 0 bridgehead atoms. The van der Waals surface area contributed by atoms with Gasteiger partial charge in [0.2, 0.25) is 0 Å². The summed E-state index contributed by atoms with van der Waals surface area (Å²) in [6.07, 6.45) is 3.61. The quantitative estimate of drug-likeness (QED) is 0.796. The first-order valence-corrected chi connectivity index (χ1v) is 7.20. The molecule has 4 nitrogen and oxygen atoms in total. The smallest absolute Gasteiger partial charge is 0.310 e. The summed E-state index contributed by atoms with van der Waals surface area (Å²) >= 11 is 0. The first-order chi connectivity index (χ1) is 8.77. The van der Waals surface area contributed by atoms with E-state index in [1.54, 1.807) is 0 Å². The molecule has 19 heavy (non-hydrogen) atoms. The summed E-state index contributed by atoms with van der Waals surface area (Å²) in [5.41, 5.74) is -0.113. The molecule has 0 aliphatic heterocycles. The van der Waals surface area contributed by atoms with E-state index in [0.717, 1.165) is 19.3 Å². The molecule has 3 unspecified atom stereocenters. The molecule has 3 atom stereocenters. The highest BCUT2D eigenvalue weighted by Crippen LogP contribution is 2.33. The van der Waals surface area contributed by atoms with Gasteiger partial charge in [-0.3, -0.25) is 9.59 Å². The highest BCUT2D eigenvalue weighted by molar-refractivity contribution is 5.81. The summed E-state index contributed by atoms with van der Waals surface area (Å²) in [6.45, 7) is 8.08. The Balaban J connectivity index is 2.72. The second-order valence-electron chi connectivity index (χ2n) is 6.54. The SMILES string of the molecule is CCC(OC(=O)C1CCCCC1C(=O)O)C(C)(C)C. The average molecular weight is 270 g/mol. The van der Waals surface area contributed by atoms with Gasteiger partial charge in [-0.05, 0) is 24.7 Å². The van der Waals surface area contributed by atoms with Gasteiger partial charge in [0.1, 0.15) is 6.10 Å². The fourth-order valence-corrected chi connectivity index (χ4v) is 2.81. The third-order valence-electron chi connectivity index (χ3n) is 3.98. The van der Waals surface area contributed by atoms with Crippen LogP contribution in [-0.4, -0.2) is 23.1 Å². The van der Waals surface area contributed by atoms with Crippen LogP contribution in [0.2, 0.25) is 0 Å². The lowest BCUT2D eigenvalue weighted by molar-refractivity contribution is -0.168. The van der Waals surface area contributed by atoms with Crippen LogP contribution in [0.5, 0.6) is 0 Å². The predicted octanol–water partition coefficient (Wildman–Crippen LogP) is 3.25. The van der Waals surface area contributed by atoms with Crippen LogP contribution >= 0.6 is 0 Å². The molecule has 1 N–H and O–H groups in total. The highest BCUT2D eigenvalue weighted by atomic mass is 16.5. The lowest BCUT2D eigenvalue weighted by Crippen LogP contribution is -2.38. The van der Waals surface area contributed by atoms with Gasteiger partial charge in [0.15, 0.2) is 0 Å². The normalized spacial score (nSPS) is 25.7. The third kappa shape index (κ3) is 4.22. The lowest BCUT2D eigenvalue weighted by Gasteiger charge is -2.33. The van der Waals surface area contributed by atoms with Crippen LogP contribution in [0.4, 0.5) is 0 Å². The van der Waals surface area contributed by atoms with Gasteiger partial charge >= 0.3 is 11.9 Å². The molecule has 1 saturated carbocycles. The Labute approximate surface area is 115 Å². The number of carboxylic acid groups (broad SMARTS) is 1. The molecule has 1 fully saturated rings. The van der Waals surface area contributed by atoms with Crippen LogP contribution in [0, 0.1) is 17.3 Å². The molecule has 0 aromatic carbocycles. The van der Waals surface area contributed by atoms with Gasteiger partial charge in [-0.1, -0.05) is 40.5 Å². The number of hydrogen-bond acceptors (Lipinski definition) is 3. The Morgan fingerprint density at radius 2 is 1.74 bits per heavy atom. The number of aliphatic carboxylic acids is 1. The molecule has 1 aliphatic carbocycles. The maximum absolute atomic E-state index is 12.2. The van der Waals surface area contributed by atoms with Crippen LogP contribution in [-0.2, 0) is 14.3 Å². The van der Waals surface area contributed by atoms with Crippen LogP contribution in [0.3, 0.4) is 0 Å². The molecule has 0 radical (unpaired) electrons. The van der Waals surface area contributed by atoms with Crippen molar-refractivity contribution in [2.45, 2.75) is 65.9 Å². The number of hydrogen-bond donors (Lipinski definition) is 1. The van der Waals surface area contributed by atoms with E-state index in [2.05, 4.69) is 0 Å². The second-order valence-corrected chi connectivity index (χ2v) is 6.54. The zero-order valence-corrected chi connectivity index (χ0v) is 12.4. The molecule has 1 rings (SSSR count). The molecule has 0 saturated heterocycles. The Kier molecular flexibility index (Phi) is 5.39. The van der Waals surface area contributed by atoms with Gasteiger partial charge in [-0.25, -0.2) is 0 Å². The highest BCUT2D eigenvalue weighted by Gasteiger charge is 2.38. The monoisotopic (exact) mass is 270 g/mol. The van der Waals surface area contributed by atoms with Crippen molar-refractivity contribution in [3.05, 3.63) is 0 Å². The van der Waals surface area contributed by atoms with Crippen molar-refractivity contribution in [2.24, 2.45) is 17.3 Å².